The summed E-state index contributed by atoms with van der Waals surface area (Å²) in [4.78, 5) is 36.6. The van der Waals surface area contributed by atoms with E-state index >= 15 is 0 Å². The zero-order chi connectivity index (χ0) is 23.1. The fraction of sp³-hybridized carbons (Fsp3) is 0.464. The lowest BCUT2D eigenvalue weighted by atomic mass is 9.76. The third-order valence-corrected chi connectivity index (χ3v) is 8.14. The van der Waals surface area contributed by atoms with Gasteiger partial charge in [-0.3, -0.25) is 9.59 Å². The zero-order valence-electron chi connectivity index (χ0n) is 19.6. The Hall–Kier alpha value is -3.15. The van der Waals surface area contributed by atoms with Gasteiger partial charge in [0.1, 0.15) is 5.82 Å². The summed E-state index contributed by atoms with van der Waals surface area (Å²) in [7, 11) is 0. The maximum Gasteiger partial charge on any atom is 0.255 e. The van der Waals surface area contributed by atoms with Crippen LogP contribution in [-0.4, -0.2) is 65.4 Å². The number of anilines is 1. The molecule has 176 valence electrons. The van der Waals surface area contributed by atoms with E-state index < -0.39 is 0 Å². The fourth-order valence-electron chi connectivity index (χ4n) is 6.45. The lowest BCUT2D eigenvalue weighted by Gasteiger charge is -2.52. The summed E-state index contributed by atoms with van der Waals surface area (Å²) < 4.78 is 0. The molecule has 4 aliphatic heterocycles. The van der Waals surface area contributed by atoms with E-state index in [2.05, 4.69) is 40.1 Å². The summed E-state index contributed by atoms with van der Waals surface area (Å²) in [6.07, 6.45) is 8.88. The molecule has 34 heavy (non-hydrogen) atoms. The molecule has 0 aliphatic carbocycles. The summed E-state index contributed by atoms with van der Waals surface area (Å²) >= 11 is 0. The molecule has 6 nitrogen and oxygen atoms in total. The van der Waals surface area contributed by atoms with Crippen molar-refractivity contribution in [2.75, 3.05) is 37.6 Å². The molecule has 0 spiro atoms. The molecule has 0 radical (unpaired) electrons. The smallest absolute Gasteiger partial charge is 0.255 e. The van der Waals surface area contributed by atoms with Crippen LogP contribution in [-0.2, 0) is 4.79 Å². The number of fused-ring (bicyclic) bond motifs is 4. The summed E-state index contributed by atoms with van der Waals surface area (Å²) in [6.45, 7) is 4.14. The number of carbonyl (C=O) groups excluding carboxylic acids is 2. The Morgan fingerprint density at radius 2 is 1.88 bits per heavy atom. The van der Waals surface area contributed by atoms with Crippen LogP contribution in [0.4, 0.5) is 5.82 Å². The Kier molecular flexibility index (Phi) is 5.60. The van der Waals surface area contributed by atoms with Crippen molar-refractivity contribution in [2.45, 2.75) is 38.1 Å². The molecule has 1 aromatic heterocycles. The van der Waals surface area contributed by atoms with Gasteiger partial charge in [0, 0.05) is 51.4 Å². The normalized spacial score (nSPS) is 26.7. The topological polar surface area (TPSA) is 56.8 Å². The first-order valence-electron chi connectivity index (χ1n) is 12.7. The van der Waals surface area contributed by atoms with E-state index in [0.717, 1.165) is 57.7 Å². The molecule has 4 aliphatic rings. The minimum Gasteiger partial charge on any atom is -0.356 e. The Morgan fingerprint density at radius 1 is 1.00 bits per heavy atom. The average molecular weight is 457 g/mol. The second-order valence-electron chi connectivity index (χ2n) is 10.3. The second kappa shape index (κ2) is 8.90. The summed E-state index contributed by atoms with van der Waals surface area (Å²) in [5.41, 5.74) is 3.21. The Morgan fingerprint density at radius 3 is 2.65 bits per heavy atom. The van der Waals surface area contributed by atoms with E-state index in [0.29, 0.717) is 35.9 Å². The predicted octanol–water partition coefficient (Wildman–Crippen LogP) is 3.85. The Labute approximate surface area is 201 Å². The van der Waals surface area contributed by atoms with Crippen LogP contribution < -0.4 is 4.90 Å². The quantitative estimate of drug-likeness (QED) is 0.704. The van der Waals surface area contributed by atoms with Gasteiger partial charge >= 0.3 is 0 Å². The Balaban J connectivity index is 1.11. The van der Waals surface area contributed by atoms with E-state index in [-0.39, 0.29) is 5.91 Å². The van der Waals surface area contributed by atoms with Crippen LogP contribution in [0, 0.1) is 11.8 Å². The second-order valence-corrected chi connectivity index (χ2v) is 10.3. The van der Waals surface area contributed by atoms with Gasteiger partial charge in [-0.05, 0) is 60.8 Å². The third kappa shape index (κ3) is 3.99. The molecule has 0 saturated carbocycles. The summed E-state index contributed by atoms with van der Waals surface area (Å²) in [5, 5.41) is 0. The summed E-state index contributed by atoms with van der Waals surface area (Å²) in [5.74, 6) is 2.39. The molecule has 3 fully saturated rings. The number of carbonyl (C=O) groups is 2. The number of aromatic nitrogens is 1. The highest BCUT2D eigenvalue weighted by Crippen LogP contribution is 2.39. The minimum absolute atomic E-state index is 0.0503. The van der Waals surface area contributed by atoms with E-state index in [9.17, 15) is 9.59 Å². The lowest BCUT2D eigenvalue weighted by Crippen LogP contribution is -2.60. The molecular weight excluding hydrogens is 424 g/mol. The first-order valence-corrected chi connectivity index (χ1v) is 12.7. The number of amides is 2. The molecule has 6 heteroatoms. The standard InChI is InChI=1S/C28H32N4O2/c33-27-8-4-7-25-24-15-20(18-32(25)27)17-31(19-24)26-10-9-23(16-29-26)28(34)30-13-11-22(12-14-30)21-5-2-1-3-6-21/h1-3,5-6,9-11,16,20,24-25H,4,7-8,12-15,17-19H2/t20-,24-,25-/m1/s1. The fourth-order valence-corrected chi connectivity index (χ4v) is 6.45. The number of piperidine rings is 3. The number of benzene rings is 1. The molecule has 6 rings (SSSR count). The van der Waals surface area contributed by atoms with Crippen LogP contribution in [0.15, 0.2) is 54.7 Å². The van der Waals surface area contributed by atoms with Gasteiger partial charge in [0.2, 0.25) is 5.91 Å². The number of nitrogens with zero attached hydrogens (tertiary/aromatic N) is 4. The molecule has 3 atom stereocenters. The van der Waals surface area contributed by atoms with Crippen molar-refractivity contribution in [3.8, 4) is 0 Å². The van der Waals surface area contributed by atoms with Crippen molar-refractivity contribution in [3.05, 3.63) is 65.9 Å². The molecule has 2 amide bonds. The van der Waals surface area contributed by atoms with Crippen LogP contribution in [0.25, 0.3) is 5.57 Å². The average Bonchev–Trinajstić information content (AvgIpc) is 2.89. The molecule has 5 heterocycles. The zero-order valence-corrected chi connectivity index (χ0v) is 19.6. The number of pyridine rings is 1. The van der Waals surface area contributed by atoms with Gasteiger partial charge in [0.05, 0.1) is 5.56 Å². The van der Waals surface area contributed by atoms with Gasteiger partial charge in [-0.25, -0.2) is 4.98 Å². The number of hydrogen-bond acceptors (Lipinski definition) is 4. The van der Waals surface area contributed by atoms with E-state index in [1.807, 2.05) is 23.1 Å². The van der Waals surface area contributed by atoms with E-state index in [1.54, 1.807) is 6.20 Å². The highest BCUT2D eigenvalue weighted by molar-refractivity contribution is 5.94. The Bertz CT molecular complexity index is 1100. The maximum absolute atomic E-state index is 13.1. The molecule has 1 aromatic carbocycles. The van der Waals surface area contributed by atoms with Gasteiger partial charge in [-0.15, -0.1) is 0 Å². The van der Waals surface area contributed by atoms with Gasteiger partial charge in [-0.1, -0.05) is 36.4 Å². The van der Waals surface area contributed by atoms with Gasteiger partial charge in [0.15, 0.2) is 0 Å². The lowest BCUT2D eigenvalue weighted by molar-refractivity contribution is -0.142. The van der Waals surface area contributed by atoms with Crippen molar-refractivity contribution in [1.29, 1.82) is 0 Å². The first-order chi connectivity index (χ1) is 16.7. The maximum atomic E-state index is 13.1. The highest BCUT2D eigenvalue weighted by atomic mass is 16.2. The number of hydrogen-bond donors (Lipinski definition) is 0. The number of rotatable bonds is 3. The molecule has 3 saturated heterocycles. The van der Waals surface area contributed by atoms with E-state index in [4.69, 9.17) is 4.98 Å². The largest absolute Gasteiger partial charge is 0.356 e. The van der Waals surface area contributed by atoms with Crippen molar-refractivity contribution >= 4 is 23.2 Å². The van der Waals surface area contributed by atoms with Crippen molar-refractivity contribution in [1.82, 2.24) is 14.8 Å². The molecular formula is C28H32N4O2. The van der Waals surface area contributed by atoms with Crippen molar-refractivity contribution < 1.29 is 9.59 Å². The van der Waals surface area contributed by atoms with Crippen LogP contribution in [0.5, 0.6) is 0 Å². The molecule has 0 N–H and O–H groups in total. The molecule has 2 aromatic rings. The van der Waals surface area contributed by atoms with Crippen molar-refractivity contribution in [2.24, 2.45) is 11.8 Å². The first kappa shape index (κ1) is 21.4. The van der Waals surface area contributed by atoms with Gasteiger partial charge in [0.25, 0.3) is 5.91 Å². The van der Waals surface area contributed by atoms with Crippen LogP contribution >= 0.6 is 0 Å². The van der Waals surface area contributed by atoms with Gasteiger partial charge < -0.3 is 14.7 Å². The summed E-state index contributed by atoms with van der Waals surface area (Å²) in [6, 6.07) is 14.7. The highest BCUT2D eigenvalue weighted by Gasteiger charge is 2.44. The third-order valence-electron chi connectivity index (χ3n) is 8.14. The minimum atomic E-state index is 0.0503. The van der Waals surface area contributed by atoms with Gasteiger partial charge in [-0.2, -0.15) is 0 Å². The van der Waals surface area contributed by atoms with Crippen molar-refractivity contribution in [3.63, 3.8) is 0 Å². The monoisotopic (exact) mass is 456 g/mol. The van der Waals surface area contributed by atoms with Crippen LogP contribution in [0.3, 0.4) is 0 Å². The predicted molar refractivity (Wildman–Crippen MR) is 132 cm³/mol. The SMILES string of the molecule is O=C(c1ccc(N2C[C@H]3C[C@H](C2)[C@H]2CCCC(=O)N2C3)nc1)N1CC=C(c2ccccc2)CC1. The molecule has 2 bridgehead atoms. The van der Waals surface area contributed by atoms with Crippen LogP contribution in [0.2, 0.25) is 0 Å². The molecule has 0 unspecified atom stereocenters. The van der Waals surface area contributed by atoms with E-state index in [1.165, 1.54) is 17.6 Å². The van der Waals surface area contributed by atoms with Crippen LogP contribution in [0.1, 0.15) is 48.0 Å².